The Morgan fingerprint density at radius 2 is 1.88 bits per heavy atom. The molecule has 4 aliphatic rings. The van der Waals surface area contributed by atoms with Gasteiger partial charge in [0.2, 0.25) is 6.10 Å². The fraction of sp³-hybridized carbons (Fsp3) is 0.613. The second kappa shape index (κ2) is 10.8. The molecule has 1 saturated heterocycles. The second-order valence-electron chi connectivity index (χ2n) is 12.7. The first-order valence-corrected chi connectivity index (χ1v) is 14.4. The van der Waals surface area contributed by atoms with Gasteiger partial charge in [-0.3, -0.25) is 9.59 Å². The standard InChI is InChI=1S/C31H39NO11/c1-16(27(35)43-29(3,4)5)39-28(36)21(40-17(2)33)15-23(34)41-20-10-11-31(37)22-14-18-8-9-19(38-7)25-24(18)30(31,26(20)42-25)12-13-32(22)6/h8-10,16,21-22,26,37H,11-15H2,1-7H3/t16-,21-,22-,26-,30-,31+/m0/s1. The molecule has 0 amide bonds. The third kappa shape index (κ3) is 5.14. The van der Waals surface area contributed by atoms with Crippen LogP contribution in [0.2, 0.25) is 0 Å². The summed E-state index contributed by atoms with van der Waals surface area (Å²) in [7, 11) is 3.54. The molecule has 1 aromatic rings. The minimum atomic E-state index is -1.66. The number of likely N-dealkylation sites (tertiary alicyclic amines) is 1. The number of likely N-dealkylation sites (N-methyl/N-ethyl adjacent to an activating group) is 1. The zero-order chi connectivity index (χ0) is 31.5. The Labute approximate surface area is 250 Å². The average Bonchev–Trinajstić information content (AvgIpc) is 3.26. The van der Waals surface area contributed by atoms with Crippen molar-refractivity contribution in [1.82, 2.24) is 4.90 Å². The molecule has 1 N–H and O–H groups in total. The highest BCUT2D eigenvalue weighted by molar-refractivity contribution is 5.86. The van der Waals surface area contributed by atoms with Crippen molar-refractivity contribution < 1.29 is 52.7 Å². The number of carbonyl (C=O) groups is 4. The number of hydrogen-bond donors (Lipinski definition) is 1. The van der Waals surface area contributed by atoms with Crippen molar-refractivity contribution in [3.63, 3.8) is 0 Å². The van der Waals surface area contributed by atoms with Crippen LogP contribution in [0.5, 0.6) is 11.5 Å². The van der Waals surface area contributed by atoms with Crippen LogP contribution in [0.25, 0.3) is 0 Å². The molecule has 2 heterocycles. The fourth-order valence-corrected chi connectivity index (χ4v) is 6.97. The van der Waals surface area contributed by atoms with Gasteiger partial charge in [0.15, 0.2) is 23.7 Å². The Kier molecular flexibility index (Phi) is 7.75. The molecule has 12 nitrogen and oxygen atoms in total. The number of benzene rings is 1. The quantitative estimate of drug-likeness (QED) is 0.344. The predicted molar refractivity (Wildman–Crippen MR) is 149 cm³/mol. The predicted octanol–water partition coefficient (Wildman–Crippen LogP) is 2.11. The van der Waals surface area contributed by atoms with Gasteiger partial charge in [-0.1, -0.05) is 6.07 Å². The van der Waals surface area contributed by atoms with Crippen LogP contribution >= 0.6 is 0 Å². The van der Waals surface area contributed by atoms with E-state index >= 15 is 0 Å². The first-order valence-electron chi connectivity index (χ1n) is 14.4. The van der Waals surface area contributed by atoms with Gasteiger partial charge >= 0.3 is 23.9 Å². The molecular weight excluding hydrogens is 562 g/mol. The van der Waals surface area contributed by atoms with Crippen LogP contribution in [0.4, 0.5) is 0 Å². The van der Waals surface area contributed by atoms with Crippen LogP contribution in [0, 0.1) is 0 Å². The van der Waals surface area contributed by atoms with Crippen molar-refractivity contribution in [1.29, 1.82) is 0 Å². The number of nitrogens with zero attached hydrogens (tertiary/aromatic N) is 1. The summed E-state index contributed by atoms with van der Waals surface area (Å²) in [5, 5.41) is 12.3. The molecule has 0 aromatic heterocycles. The van der Waals surface area contributed by atoms with Crippen molar-refractivity contribution in [2.45, 2.75) is 101 Å². The van der Waals surface area contributed by atoms with E-state index in [4.69, 9.17) is 28.4 Å². The maximum absolute atomic E-state index is 13.3. The Morgan fingerprint density at radius 1 is 1.16 bits per heavy atom. The summed E-state index contributed by atoms with van der Waals surface area (Å²) >= 11 is 0. The van der Waals surface area contributed by atoms with Gasteiger partial charge in [0.05, 0.1) is 24.5 Å². The zero-order valence-corrected chi connectivity index (χ0v) is 25.6. The normalized spacial score (nSPS) is 28.3. The molecule has 1 fully saturated rings. The molecule has 1 spiro atoms. The summed E-state index contributed by atoms with van der Waals surface area (Å²) in [4.78, 5) is 52.4. The van der Waals surface area contributed by atoms with Crippen LogP contribution < -0.4 is 9.47 Å². The van der Waals surface area contributed by atoms with Crippen LogP contribution in [-0.4, -0.2) is 90.1 Å². The van der Waals surface area contributed by atoms with Gasteiger partial charge in [-0.2, -0.15) is 0 Å². The maximum atomic E-state index is 13.3. The van der Waals surface area contributed by atoms with Crippen molar-refractivity contribution in [3.8, 4) is 11.5 Å². The second-order valence-corrected chi connectivity index (χ2v) is 12.7. The minimum Gasteiger partial charge on any atom is -0.493 e. The van der Waals surface area contributed by atoms with E-state index in [-0.39, 0.29) is 18.2 Å². The highest BCUT2D eigenvalue weighted by Gasteiger charge is 2.72. The first kappa shape index (κ1) is 30.8. The van der Waals surface area contributed by atoms with Crippen LogP contribution in [-0.2, 0) is 50.0 Å². The fourth-order valence-electron chi connectivity index (χ4n) is 6.97. The topological polar surface area (TPSA) is 147 Å². The lowest BCUT2D eigenvalue weighted by molar-refractivity contribution is -0.183. The third-order valence-electron chi connectivity index (χ3n) is 8.74. The average molecular weight is 602 g/mol. The van der Waals surface area contributed by atoms with Crippen molar-refractivity contribution >= 4 is 23.9 Å². The van der Waals surface area contributed by atoms with E-state index in [9.17, 15) is 24.3 Å². The highest BCUT2D eigenvalue weighted by Crippen LogP contribution is 2.65. The van der Waals surface area contributed by atoms with Gasteiger partial charge in [-0.15, -0.1) is 0 Å². The van der Waals surface area contributed by atoms with E-state index in [1.165, 1.54) is 6.92 Å². The molecule has 0 radical (unpaired) electrons. The van der Waals surface area contributed by atoms with Gasteiger partial charge in [0.25, 0.3) is 0 Å². The Hall–Kier alpha value is -3.64. The molecule has 12 heteroatoms. The van der Waals surface area contributed by atoms with Crippen LogP contribution in [0.15, 0.2) is 24.0 Å². The molecular formula is C31H39NO11. The molecule has 234 valence electrons. The number of esters is 4. The summed E-state index contributed by atoms with van der Waals surface area (Å²) in [5.41, 5.74) is -0.961. The summed E-state index contributed by atoms with van der Waals surface area (Å²) in [6, 6.07) is 3.66. The molecule has 43 heavy (non-hydrogen) atoms. The summed E-state index contributed by atoms with van der Waals surface area (Å²) in [6.07, 6.45) is -1.43. The number of aliphatic hydroxyl groups is 1. The van der Waals surface area contributed by atoms with E-state index in [2.05, 4.69) is 4.90 Å². The number of rotatable bonds is 8. The largest absolute Gasteiger partial charge is 0.493 e. The summed E-state index contributed by atoms with van der Waals surface area (Å²) in [6.45, 7) is 8.10. The number of hydrogen-bond acceptors (Lipinski definition) is 12. The van der Waals surface area contributed by atoms with Crippen molar-refractivity contribution in [2.24, 2.45) is 0 Å². The molecule has 2 aliphatic heterocycles. The van der Waals surface area contributed by atoms with Gasteiger partial charge in [0.1, 0.15) is 11.4 Å². The minimum absolute atomic E-state index is 0.178. The van der Waals surface area contributed by atoms with Gasteiger partial charge < -0.3 is 38.4 Å². The van der Waals surface area contributed by atoms with Gasteiger partial charge in [-0.05, 0) is 71.8 Å². The Morgan fingerprint density at radius 3 is 2.53 bits per heavy atom. The van der Waals surface area contributed by atoms with E-state index < -0.39 is 65.2 Å². The smallest absolute Gasteiger partial charge is 0.348 e. The lowest BCUT2D eigenvalue weighted by Gasteiger charge is -2.61. The lowest BCUT2D eigenvalue weighted by atomic mass is 9.50. The van der Waals surface area contributed by atoms with Crippen LogP contribution in [0.1, 0.15) is 65.0 Å². The SMILES string of the molecule is COc1ccc2c3c1O[C@H]1C(OC(=O)C[C@H](OC(C)=O)C(=O)O[C@@H](C)C(=O)OC(C)(C)C)=CC[C@@]4(O)[C@H](C2)N(C)CC[C@]314. The molecule has 0 saturated carbocycles. The molecule has 0 unspecified atom stereocenters. The maximum Gasteiger partial charge on any atom is 0.348 e. The van der Waals surface area contributed by atoms with Crippen molar-refractivity contribution in [2.75, 3.05) is 20.7 Å². The summed E-state index contributed by atoms with van der Waals surface area (Å²) in [5.74, 6) is -2.36. The molecule has 5 rings (SSSR count). The molecule has 2 aliphatic carbocycles. The Bertz CT molecular complexity index is 1380. The molecule has 6 atom stereocenters. The number of carbonyl (C=O) groups excluding carboxylic acids is 4. The van der Waals surface area contributed by atoms with E-state index in [0.717, 1.165) is 18.1 Å². The van der Waals surface area contributed by atoms with Crippen LogP contribution in [0.3, 0.4) is 0 Å². The van der Waals surface area contributed by atoms with Crippen molar-refractivity contribution in [3.05, 3.63) is 35.1 Å². The molecule has 1 aromatic carbocycles. The van der Waals surface area contributed by atoms with E-state index in [1.54, 1.807) is 34.0 Å². The number of ether oxygens (including phenoxy) is 6. The molecule has 2 bridgehead atoms. The Balaban J connectivity index is 1.38. The van der Waals surface area contributed by atoms with E-state index in [1.807, 2.05) is 19.2 Å². The number of piperidine rings is 1. The van der Waals surface area contributed by atoms with Gasteiger partial charge in [-0.25, -0.2) is 9.59 Å². The first-order chi connectivity index (χ1) is 20.1. The van der Waals surface area contributed by atoms with Gasteiger partial charge in [0, 0.05) is 24.9 Å². The number of methoxy groups -OCH3 is 1. The zero-order valence-electron chi connectivity index (χ0n) is 25.6. The van der Waals surface area contributed by atoms with E-state index in [0.29, 0.717) is 30.9 Å². The lowest BCUT2D eigenvalue weighted by Crippen LogP contribution is -2.74. The highest BCUT2D eigenvalue weighted by atomic mass is 16.6. The monoisotopic (exact) mass is 601 g/mol. The third-order valence-corrected chi connectivity index (χ3v) is 8.74. The summed E-state index contributed by atoms with van der Waals surface area (Å²) < 4.78 is 33.3.